The maximum Gasteiger partial charge on any atom is 0.0615 e. The Balaban J connectivity index is 2.24. The van der Waals surface area contributed by atoms with E-state index in [0.29, 0.717) is 17.4 Å². The van der Waals surface area contributed by atoms with Crippen molar-refractivity contribution in [2.45, 2.75) is 58.9 Å². The molecule has 2 aliphatic rings. The van der Waals surface area contributed by atoms with Gasteiger partial charge in [-0.25, -0.2) is 0 Å². The number of nitrogens with zero attached hydrogens (tertiary/aromatic N) is 1. The summed E-state index contributed by atoms with van der Waals surface area (Å²) >= 11 is 0. The van der Waals surface area contributed by atoms with Crippen molar-refractivity contribution in [3.63, 3.8) is 0 Å². The Morgan fingerprint density at radius 2 is 1.58 bits per heavy atom. The molecule has 1 aliphatic heterocycles. The standard InChI is InChI=1S/C16H32N2O/c1-14(2)10-15(3,4)12-16(11-14,13-19)18-8-5-6-17-7-9-18/h17,19H,5-13H2,1-4H3. The molecule has 2 fully saturated rings. The van der Waals surface area contributed by atoms with Crippen LogP contribution in [0, 0.1) is 10.8 Å². The van der Waals surface area contributed by atoms with E-state index in [1.807, 2.05) is 0 Å². The van der Waals surface area contributed by atoms with E-state index in [-0.39, 0.29) is 5.54 Å². The van der Waals surface area contributed by atoms with Crippen molar-refractivity contribution in [1.29, 1.82) is 0 Å². The molecule has 19 heavy (non-hydrogen) atoms. The van der Waals surface area contributed by atoms with Gasteiger partial charge in [-0.1, -0.05) is 27.7 Å². The lowest BCUT2D eigenvalue weighted by molar-refractivity contribution is -0.0741. The second-order valence-electron chi connectivity index (χ2n) is 8.33. The maximum absolute atomic E-state index is 10.2. The van der Waals surface area contributed by atoms with Crippen molar-refractivity contribution in [2.24, 2.45) is 10.8 Å². The highest BCUT2D eigenvalue weighted by Crippen LogP contribution is 2.52. The van der Waals surface area contributed by atoms with Gasteiger partial charge in [-0.3, -0.25) is 4.90 Å². The van der Waals surface area contributed by atoms with Gasteiger partial charge in [-0.15, -0.1) is 0 Å². The van der Waals surface area contributed by atoms with Crippen LogP contribution in [0.4, 0.5) is 0 Å². The summed E-state index contributed by atoms with van der Waals surface area (Å²) in [4.78, 5) is 2.58. The third-order valence-electron chi connectivity index (χ3n) is 4.88. The molecule has 2 N–H and O–H groups in total. The van der Waals surface area contributed by atoms with E-state index < -0.39 is 0 Å². The molecule has 1 saturated heterocycles. The Labute approximate surface area is 118 Å². The topological polar surface area (TPSA) is 35.5 Å². The Hall–Kier alpha value is -0.120. The molecule has 0 aromatic rings. The number of aliphatic hydroxyl groups is 1. The Kier molecular flexibility index (Phi) is 4.29. The average molecular weight is 268 g/mol. The lowest BCUT2D eigenvalue weighted by Gasteiger charge is -2.55. The molecule has 0 aromatic heterocycles. The van der Waals surface area contributed by atoms with Crippen LogP contribution in [-0.4, -0.2) is 48.3 Å². The zero-order valence-corrected chi connectivity index (χ0v) is 13.3. The van der Waals surface area contributed by atoms with Gasteiger partial charge in [0.1, 0.15) is 0 Å². The maximum atomic E-state index is 10.2. The van der Waals surface area contributed by atoms with Crippen LogP contribution in [-0.2, 0) is 0 Å². The van der Waals surface area contributed by atoms with Gasteiger partial charge in [0.2, 0.25) is 0 Å². The normalized spacial score (nSPS) is 30.8. The molecule has 0 amide bonds. The van der Waals surface area contributed by atoms with Crippen molar-refractivity contribution in [1.82, 2.24) is 10.2 Å². The summed E-state index contributed by atoms with van der Waals surface area (Å²) in [6, 6.07) is 0. The smallest absolute Gasteiger partial charge is 0.0615 e. The first-order valence-electron chi connectivity index (χ1n) is 7.85. The summed E-state index contributed by atoms with van der Waals surface area (Å²) in [5.41, 5.74) is 0.645. The Morgan fingerprint density at radius 1 is 0.947 bits per heavy atom. The minimum atomic E-state index is -0.00271. The fourth-order valence-electron chi connectivity index (χ4n) is 5.02. The summed E-state index contributed by atoms with van der Waals surface area (Å²) < 4.78 is 0. The second-order valence-corrected chi connectivity index (χ2v) is 8.33. The molecule has 1 aliphatic carbocycles. The highest BCUT2D eigenvalue weighted by molar-refractivity contribution is 5.04. The highest BCUT2D eigenvalue weighted by atomic mass is 16.3. The van der Waals surface area contributed by atoms with E-state index in [2.05, 4.69) is 37.9 Å². The molecule has 3 heteroatoms. The number of rotatable bonds is 2. The quantitative estimate of drug-likeness (QED) is 0.806. The fourth-order valence-corrected chi connectivity index (χ4v) is 5.02. The minimum Gasteiger partial charge on any atom is -0.394 e. The summed E-state index contributed by atoms with van der Waals surface area (Å²) in [6.45, 7) is 14.2. The lowest BCUT2D eigenvalue weighted by Crippen LogP contribution is -2.59. The van der Waals surface area contributed by atoms with Crippen molar-refractivity contribution < 1.29 is 5.11 Å². The molecule has 0 radical (unpaired) electrons. The first kappa shape index (κ1) is 15.3. The van der Waals surface area contributed by atoms with E-state index in [1.54, 1.807) is 0 Å². The first-order chi connectivity index (χ1) is 8.79. The van der Waals surface area contributed by atoms with Gasteiger partial charge in [0, 0.05) is 25.2 Å². The zero-order valence-electron chi connectivity index (χ0n) is 13.3. The van der Waals surface area contributed by atoms with Crippen LogP contribution >= 0.6 is 0 Å². The number of nitrogens with one attached hydrogen (secondary N) is 1. The number of hydrogen-bond acceptors (Lipinski definition) is 3. The van der Waals surface area contributed by atoms with E-state index in [4.69, 9.17) is 0 Å². The molecular weight excluding hydrogens is 236 g/mol. The van der Waals surface area contributed by atoms with Gasteiger partial charge in [0.15, 0.2) is 0 Å². The van der Waals surface area contributed by atoms with Crippen LogP contribution in [0.1, 0.15) is 53.4 Å². The van der Waals surface area contributed by atoms with Crippen LogP contribution in [0.2, 0.25) is 0 Å². The fraction of sp³-hybridized carbons (Fsp3) is 1.00. The molecule has 2 rings (SSSR count). The summed E-state index contributed by atoms with van der Waals surface area (Å²) in [6.07, 6.45) is 4.70. The molecule has 1 heterocycles. The molecule has 0 atom stereocenters. The molecule has 0 bridgehead atoms. The highest BCUT2D eigenvalue weighted by Gasteiger charge is 2.49. The van der Waals surface area contributed by atoms with E-state index in [0.717, 1.165) is 39.0 Å². The zero-order chi connectivity index (χ0) is 14.1. The summed E-state index contributed by atoms with van der Waals surface area (Å²) in [5.74, 6) is 0. The lowest BCUT2D eigenvalue weighted by atomic mass is 9.58. The van der Waals surface area contributed by atoms with E-state index in [9.17, 15) is 5.11 Å². The Bertz CT molecular complexity index is 288. The van der Waals surface area contributed by atoms with Crippen LogP contribution < -0.4 is 5.32 Å². The molecular formula is C16H32N2O. The number of hydrogen-bond donors (Lipinski definition) is 2. The van der Waals surface area contributed by atoms with Gasteiger partial charge in [0.05, 0.1) is 6.61 Å². The third kappa shape index (κ3) is 3.50. The van der Waals surface area contributed by atoms with Gasteiger partial charge in [0.25, 0.3) is 0 Å². The van der Waals surface area contributed by atoms with Crippen LogP contribution in [0.3, 0.4) is 0 Å². The molecule has 3 nitrogen and oxygen atoms in total. The van der Waals surface area contributed by atoms with Crippen LogP contribution in [0.5, 0.6) is 0 Å². The first-order valence-corrected chi connectivity index (χ1v) is 7.85. The van der Waals surface area contributed by atoms with Crippen molar-refractivity contribution in [3.8, 4) is 0 Å². The second kappa shape index (κ2) is 5.34. The SMILES string of the molecule is CC1(C)CC(C)(C)CC(CO)(N2CCCNCC2)C1. The average Bonchev–Trinajstić information content (AvgIpc) is 2.53. The van der Waals surface area contributed by atoms with Gasteiger partial charge >= 0.3 is 0 Å². The van der Waals surface area contributed by atoms with Crippen LogP contribution in [0.15, 0.2) is 0 Å². The largest absolute Gasteiger partial charge is 0.394 e. The summed E-state index contributed by atoms with van der Waals surface area (Å²) in [7, 11) is 0. The minimum absolute atomic E-state index is 0.00271. The monoisotopic (exact) mass is 268 g/mol. The molecule has 1 saturated carbocycles. The van der Waals surface area contributed by atoms with Crippen molar-refractivity contribution in [3.05, 3.63) is 0 Å². The van der Waals surface area contributed by atoms with Gasteiger partial charge in [-0.2, -0.15) is 0 Å². The van der Waals surface area contributed by atoms with E-state index >= 15 is 0 Å². The van der Waals surface area contributed by atoms with Crippen molar-refractivity contribution >= 4 is 0 Å². The predicted molar refractivity (Wildman–Crippen MR) is 80.3 cm³/mol. The molecule has 0 unspecified atom stereocenters. The molecule has 0 aromatic carbocycles. The van der Waals surface area contributed by atoms with Crippen molar-refractivity contribution in [2.75, 3.05) is 32.8 Å². The third-order valence-corrected chi connectivity index (χ3v) is 4.88. The molecule has 112 valence electrons. The van der Waals surface area contributed by atoms with Crippen LogP contribution in [0.25, 0.3) is 0 Å². The van der Waals surface area contributed by atoms with Gasteiger partial charge in [-0.05, 0) is 43.1 Å². The molecule has 0 spiro atoms. The Morgan fingerprint density at radius 3 is 2.16 bits per heavy atom. The predicted octanol–water partition coefficient (Wildman–Crippen LogP) is 2.25. The number of aliphatic hydroxyl groups excluding tert-OH is 1. The van der Waals surface area contributed by atoms with E-state index in [1.165, 1.54) is 12.8 Å². The summed E-state index contributed by atoms with van der Waals surface area (Å²) in [5, 5.41) is 13.7. The van der Waals surface area contributed by atoms with Gasteiger partial charge < -0.3 is 10.4 Å².